The molecule has 0 radical (unpaired) electrons. The van der Waals surface area contributed by atoms with Gasteiger partial charge in [0.2, 0.25) is 0 Å². The Morgan fingerprint density at radius 2 is 0.943 bits per heavy atom. The average Bonchev–Trinajstić information content (AvgIpc) is 3.74. The number of para-hydroxylation sites is 4. The lowest BCUT2D eigenvalue weighted by atomic mass is 9.50. The quantitative estimate of drug-likeness (QED) is 0.174. The normalized spacial score (nSPS) is 12.8. The van der Waals surface area contributed by atoms with E-state index < -0.39 is 0 Å². The van der Waals surface area contributed by atoms with E-state index in [1.807, 2.05) is 0 Å². The van der Waals surface area contributed by atoms with Crippen LogP contribution in [0, 0.1) is 0 Å². The van der Waals surface area contributed by atoms with E-state index in [0.29, 0.717) is 0 Å². The molecule has 10 aromatic rings. The van der Waals surface area contributed by atoms with Crippen molar-refractivity contribution in [1.82, 2.24) is 9.13 Å². The minimum Gasteiger partial charge on any atom is -0.551 e. The molecule has 0 saturated carbocycles. The Hall–Kier alpha value is -6.98. The van der Waals surface area contributed by atoms with Crippen molar-refractivity contribution in [2.45, 2.75) is 0 Å². The van der Waals surface area contributed by atoms with Crippen molar-refractivity contribution in [2.24, 2.45) is 0 Å². The Morgan fingerprint density at radius 3 is 1.58 bits per heavy atom. The minimum absolute atomic E-state index is 0.314. The van der Waals surface area contributed by atoms with Crippen LogP contribution < -0.4 is 20.3 Å². The Labute approximate surface area is 305 Å². The van der Waals surface area contributed by atoms with E-state index in [-0.39, 0.29) is 6.92 Å². The van der Waals surface area contributed by atoms with E-state index in [9.17, 15) is 0 Å². The Bertz CT molecular complexity index is 3050. The van der Waals surface area contributed by atoms with E-state index in [1.165, 1.54) is 43.6 Å². The van der Waals surface area contributed by atoms with Crippen molar-refractivity contribution in [1.29, 1.82) is 0 Å². The molecule has 12 rings (SSSR count). The lowest BCUT2D eigenvalue weighted by Gasteiger charge is -2.33. The fourth-order valence-corrected chi connectivity index (χ4v) is 8.88. The van der Waals surface area contributed by atoms with Crippen LogP contribution in [0.25, 0.3) is 77.2 Å². The van der Waals surface area contributed by atoms with Gasteiger partial charge < -0.3 is 18.5 Å². The first-order valence-electron chi connectivity index (χ1n) is 18.1. The van der Waals surface area contributed by atoms with Gasteiger partial charge in [-0.2, -0.15) is 0 Å². The molecule has 8 aromatic carbocycles. The average molecular weight is 677 g/mol. The van der Waals surface area contributed by atoms with Crippen LogP contribution in [0.5, 0.6) is 17.2 Å². The van der Waals surface area contributed by atoms with Crippen molar-refractivity contribution in [3.8, 4) is 50.9 Å². The maximum atomic E-state index is 7.10. The molecule has 5 heteroatoms. The Morgan fingerprint density at radius 1 is 0.377 bits per heavy atom. The van der Waals surface area contributed by atoms with Crippen molar-refractivity contribution in [3.05, 3.63) is 176 Å². The van der Waals surface area contributed by atoms with E-state index in [4.69, 9.17) is 9.39 Å². The largest absolute Gasteiger partial charge is 0.551 e. The number of aromatic nitrogens is 2. The van der Waals surface area contributed by atoms with Gasteiger partial charge in [-0.1, -0.05) is 109 Å². The van der Waals surface area contributed by atoms with E-state index in [1.54, 1.807) is 0 Å². The second-order valence-electron chi connectivity index (χ2n) is 14.0. The Kier molecular flexibility index (Phi) is 5.83. The number of hydrogen-bond donors (Lipinski definition) is 0. The Balaban J connectivity index is 0.989. The third-order valence-electron chi connectivity index (χ3n) is 11.2. The number of benzene rings is 8. The summed E-state index contributed by atoms with van der Waals surface area (Å²) >= 11 is 0. The predicted octanol–water partition coefficient (Wildman–Crippen LogP) is 10.8. The van der Waals surface area contributed by atoms with Gasteiger partial charge in [0.15, 0.2) is 0 Å². The van der Waals surface area contributed by atoms with Gasteiger partial charge in [0.25, 0.3) is 0 Å². The van der Waals surface area contributed by atoms with Gasteiger partial charge in [0.05, 0.1) is 22.1 Å². The third-order valence-corrected chi connectivity index (χ3v) is 11.2. The predicted molar refractivity (Wildman–Crippen MR) is 218 cm³/mol. The fraction of sp³-hybridized carbons (Fsp3) is 0. The van der Waals surface area contributed by atoms with Gasteiger partial charge in [-0.25, -0.2) is 0 Å². The zero-order valence-corrected chi connectivity index (χ0v) is 28.5. The summed E-state index contributed by atoms with van der Waals surface area (Å²) in [5, 5.41) is 4.99. The summed E-state index contributed by atoms with van der Waals surface area (Å²) in [6.07, 6.45) is 0. The lowest BCUT2D eigenvalue weighted by Crippen LogP contribution is -2.53. The molecule has 246 valence electrons. The monoisotopic (exact) mass is 676 g/mol. The molecule has 0 N–H and O–H groups in total. The number of hydrogen-bond acceptors (Lipinski definition) is 2. The van der Waals surface area contributed by atoms with E-state index >= 15 is 0 Å². The zero-order chi connectivity index (χ0) is 34.6. The van der Waals surface area contributed by atoms with Crippen LogP contribution in [0.15, 0.2) is 176 Å². The number of rotatable bonds is 3. The highest BCUT2D eigenvalue weighted by Crippen LogP contribution is 2.42. The number of ether oxygens (including phenoxy) is 1. The molecule has 0 fully saturated rings. The molecule has 0 saturated heterocycles. The second-order valence-corrected chi connectivity index (χ2v) is 14.0. The van der Waals surface area contributed by atoms with Crippen molar-refractivity contribution in [2.75, 3.05) is 0 Å². The van der Waals surface area contributed by atoms with E-state index in [2.05, 4.69) is 185 Å². The first-order chi connectivity index (χ1) is 26.3. The lowest BCUT2D eigenvalue weighted by molar-refractivity contribution is 0.479. The zero-order valence-electron chi connectivity index (χ0n) is 28.5. The highest BCUT2D eigenvalue weighted by molar-refractivity contribution is 6.84. The smallest absolute Gasteiger partial charge is 0.434 e. The molecule has 2 aromatic heterocycles. The van der Waals surface area contributed by atoms with Crippen LogP contribution >= 0.6 is 0 Å². The molecule has 0 bridgehead atoms. The maximum absolute atomic E-state index is 7.10. The molecule has 0 amide bonds. The molecule has 2 aliphatic rings. The van der Waals surface area contributed by atoms with Crippen LogP contribution in [0.2, 0.25) is 0 Å². The molecule has 0 aliphatic carbocycles. The van der Waals surface area contributed by atoms with Gasteiger partial charge in [0, 0.05) is 55.5 Å². The number of nitrogens with zero attached hydrogens (tertiary/aromatic N) is 2. The van der Waals surface area contributed by atoms with Crippen LogP contribution in [0.4, 0.5) is 0 Å². The summed E-state index contributed by atoms with van der Waals surface area (Å²) in [7, 11) is 0. The standard InChI is InChI=1S/C48H29BN2O2/c1-5-18-41-34(13-1)35-14-2-6-19-42(35)50(41)32-12-9-11-30(27-32)31-23-26-45-40(28-31)49-48-39(17-10-22-46(48)52-45)38-25-24-33(29-47(38)53-49)51-43-20-7-3-15-36(43)37-16-4-8-21-44(37)51/h1-29H. The number of fused-ring (bicyclic) bond motifs is 10. The maximum Gasteiger partial charge on any atom is 0.434 e. The molecule has 0 atom stereocenters. The topological polar surface area (TPSA) is 28.3 Å². The van der Waals surface area contributed by atoms with Gasteiger partial charge in [0.1, 0.15) is 17.2 Å². The molecule has 4 nitrogen and oxygen atoms in total. The van der Waals surface area contributed by atoms with Crippen LogP contribution in [-0.2, 0) is 0 Å². The van der Waals surface area contributed by atoms with Gasteiger partial charge >= 0.3 is 6.92 Å². The van der Waals surface area contributed by atoms with Crippen LogP contribution in [-0.4, -0.2) is 16.0 Å². The fourth-order valence-electron chi connectivity index (χ4n) is 8.88. The first-order valence-corrected chi connectivity index (χ1v) is 18.1. The molecule has 0 unspecified atom stereocenters. The molecular formula is C48H29BN2O2. The van der Waals surface area contributed by atoms with Gasteiger partial charge in [-0.05, 0) is 77.4 Å². The molecule has 53 heavy (non-hydrogen) atoms. The summed E-state index contributed by atoms with van der Waals surface area (Å²) in [4.78, 5) is 0. The van der Waals surface area contributed by atoms with Crippen molar-refractivity contribution >= 4 is 61.5 Å². The molecule has 2 aliphatic heterocycles. The third kappa shape index (κ3) is 4.07. The minimum atomic E-state index is -0.314. The molecule has 0 spiro atoms. The summed E-state index contributed by atoms with van der Waals surface area (Å²) in [6.45, 7) is -0.314. The molecular weight excluding hydrogens is 647 g/mol. The highest BCUT2D eigenvalue weighted by Gasteiger charge is 2.41. The summed E-state index contributed by atoms with van der Waals surface area (Å²) in [5.41, 5.74) is 13.5. The van der Waals surface area contributed by atoms with E-state index in [0.717, 1.165) is 61.8 Å². The first kappa shape index (κ1) is 28.7. The van der Waals surface area contributed by atoms with Crippen LogP contribution in [0.3, 0.4) is 0 Å². The van der Waals surface area contributed by atoms with Crippen LogP contribution in [0.1, 0.15) is 0 Å². The highest BCUT2D eigenvalue weighted by atomic mass is 16.5. The second kappa shape index (κ2) is 10.8. The summed E-state index contributed by atoms with van der Waals surface area (Å²) in [6, 6.07) is 62.8. The molecule has 4 heterocycles. The summed E-state index contributed by atoms with van der Waals surface area (Å²) in [5.74, 6) is 2.54. The summed E-state index contributed by atoms with van der Waals surface area (Å²) < 4.78 is 18.4. The van der Waals surface area contributed by atoms with Gasteiger partial charge in [-0.15, -0.1) is 0 Å². The van der Waals surface area contributed by atoms with Crippen molar-refractivity contribution in [3.63, 3.8) is 0 Å². The van der Waals surface area contributed by atoms with Gasteiger partial charge in [-0.3, -0.25) is 0 Å². The van der Waals surface area contributed by atoms with Crippen molar-refractivity contribution < 1.29 is 9.39 Å². The SMILES string of the molecule is c1cc(-c2ccc3c(c2)B2Oc4cc(-n5c6ccccc6c6ccccc65)ccc4-c4cccc(c42)O3)cc(-n2c3ccccc3c3ccccc32)c1.